The minimum Gasteiger partial charge on any atom is -0.310 e. The van der Waals surface area contributed by atoms with Crippen LogP contribution in [0.2, 0.25) is 0 Å². The summed E-state index contributed by atoms with van der Waals surface area (Å²) >= 11 is 0. The first-order chi connectivity index (χ1) is 9.93. The number of alkyl halides is 2. The summed E-state index contributed by atoms with van der Waals surface area (Å²) in [6, 6.07) is 5.20. The zero-order chi connectivity index (χ0) is 15.5. The molecule has 1 fully saturated rings. The monoisotopic (exact) mass is 299 g/mol. The Hall–Kier alpha value is -1.03. The minimum absolute atomic E-state index is 0.0313. The van der Waals surface area contributed by atoms with Gasteiger partial charge in [0.25, 0.3) is 0 Å². The Kier molecular flexibility index (Phi) is 5.31. The smallest absolute Gasteiger partial charge is 0.248 e. The number of hydrogen-bond acceptors (Lipinski definition) is 1. The molecule has 0 aliphatic heterocycles. The number of rotatable bonds is 5. The molecule has 0 radical (unpaired) electrons. The predicted octanol–water partition coefficient (Wildman–Crippen LogP) is 5.00. The molecule has 1 nitrogen and oxygen atoms in total. The molecule has 2 rings (SSSR count). The molecule has 1 aliphatic rings. The summed E-state index contributed by atoms with van der Waals surface area (Å²) in [4.78, 5) is 0. The van der Waals surface area contributed by atoms with Crippen LogP contribution < -0.4 is 5.32 Å². The Balaban J connectivity index is 2.16. The molecule has 0 aromatic heterocycles. The van der Waals surface area contributed by atoms with Crippen LogP contribution in [0.4, 0.5) is 13.2 Å². The molecular weight excluding hydrogens is 275 g/mol. The Labute approximate surface area is 124 Å². The number of hydrogen-bond donors (Lipinski definition) is 1. The Bertz CT molecular complexity index is 463. The van der Waals surface area contributed by atoms with Crippen molar-refractivity contribution in [3.05, 3.63) is 35.1 Å². The lowest BCUT2D eigenvalue weighted by molar-refractivity contribution is -0.0497. The van der Waals surface area contributed by atoms with Gasteiger partial charge in [-0.3, -0.25) is 0 Å². The zero-order valence-corrected chi connectivity index (χ0v) is 12.8. The van der Waals surface area contributed by atoms with E-state index in [-0.39, 0.29) is 30.6 Å². The highest BCUT2D eigenvalue weighted by atomic mass is 19.3. The molecule has 1 aromatic carbocycles. The summed E-state index contributed by atoms with van der Waals surface area (Å²) < 4.78 is 40.5. The molecule has 1 saturated carbocycles. The highest BCUT2D eigenvalue weighted by molar-refractivity contribution is 5.26. The first kappa shape index (κ1) is 16.3. The molecule has 1 N–H and O–H groups in total. The van der Waals surface area contributed by atoms with Crippen molar-refractivity contribution in [1.29, 1.82) is 0 Å². The minimum atomic E-state index is -2.52. The van der Waals surface area contributed by atoms with E-state index in [1.807, 2.05) is 6.07 Å². The molecule has 21 heavy (non-hydrogen) atoms. The van der Waals surface area contributed by atoms with Gasteiger partial charge < -0.3 is 5.32 Å². The summed E-state index contributed by atoms with van der Waals surface area (Å²) in [5, 5.41) is 3.42. The average Bonchev–Trinajstić information content (AvgIpc) is 2.44. The van der Waals surface area contributed by atoms with Gasteiger partial charge in [-0.25, -0.2) is 13.2 Å². The molecule has 4 heteroatoms. The van der Waals surface area contributed by atoms with Gasteiger partial charge in [0.15, 0.2) is 0 Å². The average molecular weight is 299 g/mol. The van der Waals surface area contributed by atoms with Gasteiger partial charge in [-0.1, -0.05) is 19.1 Å². The molecule has 1 aliphatic carbocycles. The SMILES string of the molecule is CCCNC(c1ccc(C)c(F)c1)C1CCC(F)(F)CC1. The standard InChI is InChI=1S/C17H24F3N/c1-3-10-21-16(13-6-8-17(19,20)9-7-13)14-5-4-12(2)15(18)11-14/h4-5,11,13,16,21H,3,6-10H2,1-2H3. The molecule has 0 saturated heterocycles. The Morgan fingerprint density at radius 2 is 1.95 bits per heavy atom. The van der Waals surface area contributed by atoms with E-state index < -0.39 is 5.92 Å². The maximum atomic E-state index is 13.8. The van der Waals surface area contributed by atoms with Crippen molar-refractivity contribution in [2.75, 3.05) is 6.54 Å². The summed E-state index contributed by atoms with van der Waals surface area (Å²) in [5.74, 6) is -2.60. The van der Waals surface area contributed by atoms with Gasteiger partial charge in [0.05, 0.1) is 0 Å². The van der Waals surface area contributed by atoms with E-state index in [0.717, 1.165) is 18.5 Å². The van der Waals surface area contributed by atoms with Crippen molar-refractivity contribution in [2.24, 2.45) is 5.92 Å². The van der Waals surface area contributed by atoms with E-state index in [2.05, 4.69) is 12.2 Å². The van der Waals surface area contributed by atoms with Crippen LogP contribution in [-0.4, -0.2) is 12.5 Å². The predicted molar refractivity (Wildman–Crippen MR) is 79.1 cm³/mol. The molecule has 1 unspecified atom stereocenters. The second kappa shape index (κ2) is 6.82. The third kappa shape index (κ3) is 4.22. The number of aryl methyl sites for hydroxylation is 1. The van der Waals surface area contributed by atoms with Gasteiger partial charge in [0, 0.05) is 18.9 Å². The number of halogens is 3. The lowest BCUT2D eigenvalue weighted by Crippen LogP contribution is -2.34. The summed E-state index contributed by atoms with van der Waals surface area (Å²) in [6.45, 7) is 4.61. The lowest BCUT2D eigenvalue weighted by atomic mass is 9.79. The van der Waals surface area contributed by atoms with Crippen LogP contribution in [0.1, 0.15) is 56.2 Å². The summed E-state index contributed by atoms with van der Waals surface area (Å²) in [5.41, 5.74) is 1.49. The second-order valence-corrected chi connectivity index (χ2v) is 6.13. The van der Waals surface area contributed by atoms with Crippen LogP contribution in [0, 0.1) is 18.7 Å². The topological polar surface area (TPSA) is 12.0 Å². The number of nitrogens with one attached hydrogen (secondary N) is 1. The van der Waals surface area contributed by atoms with Gasteiger partial charge in [-0.05, 0) is 55.8 Å². The Morgan fingerprint density at radius 3 is 2.52 bits per heavy atom. The van der Waals surface area contributed by atoms with Crippen molar-refractivity contribution in [3.8, 4) is 0 Å². The molecule has 1 aromatic rings. The third-order valence-electron chi connectivity index (χ3n) is 4.40. The maximum absolute atomic E-state index is 13.8. The van der Waals surface area contributed by atoms with Crippen molar-refractivity contribution in [3.63, 3.8) is 0 Å². The largest absolute Gasteiger partial charge is 0.310 e. The normalized spacial score (nSPS) is 20.4. The lowest BCUT2D eigenvalue weighted by Gasteiger charge is -2.34. The van der Waals surface area contributed by atoms with E-state index in [1.54, 1.807) is 19.1 Å². The highest BCUT2D eigenvalue weighted by Crippen LogP contribution is 2.41. The van der Waals surface area contributed by atoms with Crippen molar-refractivity contribution in [1.82, 2.24) is 5.32 Å². The zero-order valence-electron chi connectivity index (χ0n) is 12.8. The first-order valence-electron chi connectivity index (χ1n) is 7.80. The fourth-order valence-corrected chi connectivity index (χ4v) is 3.05. The van der Waals surface area contributed by atoms with Gasteiger partial charge in [0.1, 0.15) is 5.82 Å². The van der Waals surface area contributed by atoms with Crippen LogP contribution in [0.3, 0.4) is 0 Å². The molecule has 0 amide bonds. The van der Waals surface area contributed by atoms with E-state index in [9.17, 15) is 13.2 Å². The van der Waals surface area contributed by atoms with E-state index >= 15 is 0 Å². The van der Waals surface area contributed by atoms with E-state index in [4.69, 9.17) is 0 Å². The van der Waals surface area contributed by atoms with Crippen LogP contribution in [0.15, 0.2) is 18.2 Å². The van der Waals surface area contributed by atoms with Crippen molar-refractivity contribution in [2.45, 2.75) is 57.9 Å². The molecular formula is C17H24F3N. The molecule has 0 bridgehead atoms. The fourth-order valence-electron chi connectivity index (χ4n) is 3.05. The van der Waals surface area contributed by atoms with E-state index in [0.29, 0.717) is 18.4 Å². The van der Waals surface area contributed by atoms with Gasteiger partial charge in [-0.15, -0.1) is 0 Å². The Morgan fingerprint density at radius 1 is 1.29 bits per heavy atom. The molecule has 118 valence electrons. The molecule has 0 heterocycles. The molecule has 0 spiro atoms. The van der Waals surface area contributed by atoms with E-state index in [1.165, 1.54) is 0 Å². The summed E-state index contributed by atoms with van der Waals surface area (Å²) in [6.07, 6.45) is 1.83. The van der Waals surface area contributed by atoms with Crippen molar-refractivity contribution < 1.29 is 13.2 Å². The van der Waals surface area contributed by atoms with Crippen LogP contribution in [0.25, 0.3) is 0 Å². The summed E-state index contributed by atoms with van der Waals surface area (Å²) in [7, 11) is 0. The maximum Gasteiger partial charge on any atom is 0.248 e. The van der Waals surface area contributed by atoms with Crippen LogP contribution in [-0.2, 0) is 0 Å². The third-order valence-corrected chi connectivity index (χ3v) is 4.40. The van der Waals surface area contributed by atoms with Crippen molar-refractivity contribution >= 4 is 0 Å². The fraction of sp³-hybridized carbons (Fsp3) is 0.647. The quantitative estimate of drug-likeness (QED) is 0.806. The van der Waals surface area contributed by atoms with Gasteiger partial charge in [-0.2, -0.15) is 0 Å². The van der Waals surface area contributed by atoms with Crippen LogP contribution in [0.5, 0.6) is 0 Å². The molecule has 1 atom stereocenters. The van der Waals surface area contributed by atoms with Gasteiger partial charge >= 0.3 is 0 Å². The number of benzene rings is 1. The first-order valence-corrected chi connectivity index (χ1v) is 7.80. The second-order valence-electron chi connectivity index (χ2n) is 6.13. The highest BCUT2D eigenvalue weighted by Gasteiger charge is 2.37. The van der Waals surface area contributed by atoms with Crippen LogP contribution >= 0.6 is 0 Å². The van der Waals surface area contributed by atoms with Gasteiger partial charge in [0.2, 0.25) is 5.92 Å².